The van der Waals surface area contributed by atoms with Crippen LogP contribution in [0.15, 0.2) is 45.9 Å². The molecule has 2 fully saturated rings. The lowest BCUT2D eigenvalue weighted by Crippen LogP contribution is -2.94. The van der Waals surface area contributed by atoms with Gasteiger partial charge in [0.05, 0.1) is 0 Å². The summed E-state index contributed by atoms with van der Waals surface area (Å²) in [6.07, 6.45) is 14.2. The molecule has 4 rings (SSSR count). The van der Waals surface area contributed by atoms with Crippen molar-refractivity contribution in [3.05, 3.63) is 58.4 Å². The number of aromatic nitrogens is 2. The minimum Gasteiger partial charge on any atom is -0.459 e. The average Bonchev–Trinajstić information content (AvgIpc) is 3.71. The molecular formula is C29H34N5O7+. The molecule has 3 amide bonds. The number of nitrogens with zero attached hydrogens (tertiary/aromatic N) is 2. The summed E-state index contributed by atoms with van der Waals surface area (Å²) < 4.78 is 11.6. The zero-order valence-corrected chi connectivity index (χ0v) is 22.8. The second-order valence-corrected chi connectivity index (χ2v) is 10.3. The molecule has 12 heteroatoms. The van der Waals surface area contributed by atoms with Crippen molar-refractivity contribution < 1.29 is 33.8 Å². The van der Waals surface area contributed by atoms with Crippen LogP contribution in [-0.4, -0.2) is 52.1 Å². The summed E-state index contributed by atoms with van der Waals surface area (Å²) in [5.74, 6) is 0.829. The number of carbonyl (C=O) groups is 4. The van der Waals surface area contributed by atoms with E-state index in [4.69, 9.17) is 15.7 Å². The smallest absolute Gasteiger partial charge is 0.334 e. The quantitative estimate of drug-likeness (QED) is 0.206. The van der Waals surface area contributed by atoms with Crippen molar-refractivity contribution in [2.75, 3.05) is 11.9 Å². The van der Waals surface area contributed by atoms with Gasteiger partial charge in [-0.3, -0.25) is 24.3 Å². The van der Waals surface area contributed by atoms with Crippen LogP contribution >= 0.6 is 0 Å². The molecule has 0 radical (unpaired) electrons. The molecule has 12 nitrogen and oxygen atoms in total. The highest BCUT2D eigenvalue weighted by Crippen LogP contribution is 2.21. The third kappa shape index (κ3) is 7.79. The third-order valence-corrected chi connectivity index (χ3v) is 7.22. The number of nitrogens with two attached hydrogens (primary N) is 1. The van der Waals surface area contributed by atoms with Gasteiger partial charge < -0.3 is 19.9 Å². The molecule has 0 aromatic carbocycles. The lowest BCUT2D eigenvalue weighted by atomic mass is 9.97. The summed E-state index contributed by atoms with van der Waals surface area (Å²) in [7, 11) is 0. The van der Waals surface area contributed by atoms with Gasteiger partial charge in [0.15, 0.2) is 11.7 Å². The lowest BCUT2D eigenvalue weighted by molar-refractivity contribution is -0.598. The second kappa shape index (κ2) is 13.7. The van der Waals surface area contributed by atoms with Crippen molar-refractivity contribution in [2.45, 2.75) is 70.1 Å². The number of anilines is 1. The first-order valence-electron chi connectivity index (χ1n) is 13.7. The maximum absolute atomic E-state index is 13.6. The number of quaternary nitrogens is 1. The van der Waals surface area contributed by atoms with E-state index in [9.17, 15) is 24.0 Å². The van der Waals surface area contributed by atoms with Crippen LogP contribution in [0.4, 0.5) is 5.69 Å². The average molecular weight is 565 g/mol. The predicted octanol–water partition coefficient (Wildman–Crippen LogP) is 0.988. The maximum atomic E-state index is 13.6. The third-order valence-electron chi connectivity index (χ3n) is 7.22. The summed E-state index contributed by atoms with van der Waals surface area (Å²) in [5.41, 5.74) is -0.703. The minimum atomic E-state index is -1.07. The fourth-order valence-corrected chi connectivity index (χ4v) is 5.09. The van der Waals surface area contributed by atoms with E-state index in [1.165, 1.54) is 40.4 Å². The van der Waals surface area contributed by atoms with Crippen LogP contribution in [0.1, 0.15) is 67.2 Å². The monoisotopic (exact) mass is 564 g/mol. The number of ether oxygens (including phenoxy) is 1. The zero-order valence-electron chi connectivity index (χ0n) is 22.8. The van der Waals surface area contributed by atoms with Gasteiger partial charge in [-0.25, -0.2) is 9.59 Å². The van der Waals surface area contributed by atoms with E-state index < -0.39 is 35.4 Å². The highest BCUT2D eigenvalue weighted by Gasteiger charge is 2.32. The fourth-order valence-electron chi connectivity index (χ4n) is 5.09. The van der Waals surface area contributed by atoms with E-state index in [-0.39, 0.29) is 35.7 Å². The Kier molecular flexibility index (Phi) is 9.86. The minimum absolute atomic E-state index is 0.000996. The number of carbonyl (C=O) groups excluding carboxylic acids is 4. The van der Waals surface area contributed by atoms with Crippen molar-refractivity contribution in [3.63, 3.8) is 0 Å². The highest BCUT2D eigenvalue weighted by atomic mass is 16.5. The highest BCUT2D eigenvalue weighted by molar-refractivity contribution is 6.02. The van der Waals surface area contributed by atoms with E-state index in [1.807, 2.05) is 0 Å². The van der Waals surface area contributed by atoms with Crippen molar-refractivity contribution in [2.24, 2.45) is 5.92 Å². The van der Waals surface area contributed by atoms with E-state index in [0.717, 1.165) is 25.7 Å². The molecule has 1 aliphatic carbocycles. The number of terminal acetylenes is 1. The van der Waals surface area contributed by atoms with Crippen molar-refractivity contribution in [1.82, 2.24) is 15.0 Å². The molecule has 4 N–H and O–H groups in total. The van der Waals surface area contributed by atoms with Crippen LogP contribution in [0.5, 0.6) is 0 Å². The van der Waals surface area contributed by atoms with E-state index in [2.05, 4.69) is 21.7 Å². The first-order valence-corrected chi connectivity index (χ1v) is 13.7. The summed E-state index contributed by atoms with van der Waals surface area (Å²) in [4.78, 5) is 64.1. The number of rotatable bonds is 11. The summed E-state index contributed by atoms with van der Waals surface area (Å²) in [5, 5.41) is 10.3. The first-order chi connectivity index (χ1) is 19.7. The molecular weight excluding hydrogens is 530 g/mol. The Morgan fingerprint density at radius 2 is 2.10 bits per heavy atom. The predicted molar refractivity (Wildman–Crippen MR) is 146 cm³/mol. The van der Waals surface area contributed by atoms with E-state index >= 15 is 0 Å². The van der Waals surface area contributed by atoms with Crippen molar-refractivity contribution >= 4 is 29.4 Å². The van der Waals surface area contributed by atoms with Gasteiger partial charge in [0.1, 0.15) is 23.6 Å². The van der Waals surface area contributed by atoms with Gasteiger partial charge in [-0.2, -0.15) is 0 Å². The van der Waals surface area contributed by atoms with Crippen LogP contribution in [-0.2, 0) is 19.1 Å². The molecule has 1 aliphatic heterocycles. The number of nitrogens with one attached hydrogen (secondary N) is 2. The molecule has 41 heavy (non-hydrogen) atoms. The first kappa shape index (κ1) is 29.5. The standard InChI is InChI=1S/C29H33N5O7/c1-3-7-24(34-15-6-10-22(29(34)39)32-27(37)23-16-18(2)41-33-23)28(38)31-20(17-19-13-14-30-26(19)36)11-12-25(35)40-21-8-4-5-9-21/h1,6,10-12,15-16,19-21,24H,4-5,7-9,13-14,17H2,2H3,(H,30,36)(H,31,38)(H,32,37)/p+1/b12-11+/t19-,20+,24-/m0/s1. The SMILES string of the molecule is C#CC[C@@H](C(=O)[NH2+][C@H](/C=C/C(=O)OC1CCCC1)C[C@@H]1CCNC1=O)n1cccc(NC(=O)c2cc(C)on2)c1=O. The van der Waals surface area contributed by atoms with Gasteiger partial charge in [0, 0.05) is 43.6 Å². The number of aryl methyl sites for hydroxylation is 1. The molecule has 1 saturated carbocycles. The number of pyridine rings is 1. The molecule has 0 unspecified atom stereocenters. The molecule has 216 valence electrons. The van der Waals surface area contributed by atoms with E-state index in [1.54, 1.807) is 13.0 Å². The number of primary amides is 1. The second-order valence-electron chi connectivity index (χ2n) is 10.3. The Morgan fingerprint density at radius 1 is 1.32 bits per heavy atom. The summed E-state index contributed by atoms with van der Waals surface area (Å²) in [6.45, 7) is 2.17. The van der Waals surface area contributed by atoms with E-state index in [0.29, 0.717) is 25.1 Å². The molecule has 0 bridgehead atoms. The van der Waals surface area contributed by atoms with Crippen molar-refractivity contribution in [3.8, 4) is 12.3 Å². The molecule has 3 atom stereocenters. The Balaban J connectivity index is 1.51. The van der Waals surface area contributed by atoms with Gasteiger partial charge >= 0.3 is 11.9 Å². The maximum Gasteiger partial charge on any atom is 0.334 e. The topological polar surface area (TPSA) is 166 Å². The Hall–Kier alpha value is -4.50. The molecule has 3 heterocycles. The Morgan fingerprint density at radius 3 is 2.76 bits per heavy atom. The largest absolute Gasteiger partial charge is 0.459 e. The van der Waals surface area contributed by atoms with Gasteiger partial charge in [0.2, 0.25) is 5.91 Å². The van der Waals surface area contributed by atoms with Crippen LogP contribution in [0.25, 0.3) is 0 Å². The van der Waals surface area contributed by atoms with Crippen LogP contribution in [0.3, 0.4) is 0 Å². The van der Waals surface area contributed by atoms with Crippen LogP contribution < -0.4 is 21.5 Å². The van der Waals surface area contributed by atoms with Gasteiger partial charge in [-0.1, -0.05) is 5.16 Å². The molecule has 0 spiro atoms. The van der Waals surface area contributed by atoms with Crippen LogP contribution in [0.2, 0.25) is 0 Å². The number of esters is 1. The number of hydrogen-bond acceptors (Lipinski definition) is 8. The fraction of sp³-hybridized carbons (Fsp3) is 0.448. The molecule has 2 aromatic heterocycles. The molecule has 2 aromatic rings. The normalized spacial score (nSPS) is 18.5. The van der Waals surface area contributed by atoms with Crippen LogP contribution in [0, 0.1) is 25.2 Å². The molecule has 1 saturated heterocycles. The lowest BCUT2D eigenvalue weighted by Gasteiger charge is -2.19. The molecule has 2 aliphatic rings. The van der Waals surface area contributed by atoms with Gasteiger partial charge in [0.25, 0.3) is 11.5 Å². The zero-order chi connectivity index (χ0) is 29.4. The Labute approximate surface area is 236 Å². The number of amides is 3. The van der Waals surface area contributed by atoms with Gasteiger partial charge in [-0.05, 0) is 57.2 Å². The summed E-state index contributed by atoms with van der Waals surface area (Å²) >= 11 is 0. The van der Waals surface area contributed by atoms with Crippen molar-refractivity contribution in [1.29, 1.82) is 0 Å². The summed E-state index contributed by atoms with van der Waals surface area (Å²) in [6, 6.07) is 2.70. The van der Waals surface area contributed by atoms with Gasteiger partial charge in [-0.15, -0.1) is 12.3 Å². The number of hydrogen-bond donors (Lipinski definition) is 3. The Bertz CT molecular complexity index is 1410.